The van der Waals surface area contributed by atoms with Crippen molar-refractivity contribution in [2.45, 2.75) is 13.0 Å². The Morgan fingerprint density at radius 2 is 1.75 bits per heavy atom. The lowest BCUT2D eigenvalue weighted by atomic mass is 10.1. The summed E-state index contributed by atoms with van der Waals surface area (Å²) in [6.07, 6.45) is 4.00. The first-order chi connectivity index (χ1) is 11.6. The average Bonchev–Trinajstić information content (AvgIpc) is 2.61. The van der Waals surface area contributed by atoms with Crippen molar-refractivity contribution in [1.29, 1.82) is 0 Å². The summed E-state index contributed by atoms with van der Waals surface area (Å²) in [5, 5.41) is 11.5. The van der Waals surface area contributed by atoms with E-state index in [1.54, 1.807) is 24.3 Å². The Balaban J connectivity index is 1.65. The highest BCUT2D eigenvalue weighted by Gasteiger charge is 2.01. The van der Waals surface area contributed by atoms with Gasteiger partial charge in [-0.15, -0.1) is 0 Å². The van der Waals surface area contributed by atoms with Gasteiger partial charge in [0.2, 0.25) is 0 Å². The third kappa shape index (κ3) is 5.96. The van der Waals surface area contributed by atoms with Crippen LogP contribution in [0.3, 0.4) is 0 Å². The number of carboxylic acid groups (broad SMARTS) is 1. The molecule has 124 valence electrons. The lowest BCUT2D eigenvalue weighted by Gasteiger charge is -2.05. The molecule has 0 atom stereocenters. The number of carboxylic acids is 1. The van der Waals surface area contributed by atoms with Crippen LogP contribution in [0.4, 0.5) is 4.79 Å². The van der Waals surface area contributed by atoms with Gasteiger partial charge in [0.1, 0.15) is 6.61 Å². The van der Waals surface area contributed by atoms with Crippen molar-refractivity contribution in [2.75, 3.05) is 6.54 Å². The minimum atomic E-state index is -0.941. The van der Waals surface area contributed by atoms with Gasteiger partial charge in [-0.2, -0.15) is 0 Å². The van der Waals surface area contributed by atoms with E-state index in [1.165, 1.54) is 0 Å². The summed E-state index contributed by atoms with van der Waals surface area (Å²) >= 11 is 0. The highest BCUT2D eigenvalue weighted by Crippen LogP contribution is 2.06. The minimum absolute atomic E-state index is 0.248. The van der Waals surface area contributed by atoms with E-state index in [1.807, 2.05) is 42.5 Å². The lowest BCUT2D eigenvalue weighted by Crippen LogP contribution is -2.24. The zero-order valence-electron chi connectivity index (χ0n) is 13.1. The van der Waals surface area contributed by atoms with Crippen LogP contribution in [0.15, 0.2) is 60.7 Å². The van der Waals surface area contributed by atoms with Crippen molar-refractivity contribution in [3.05, 3.63) is 77.4 Å². The molecule has 0 bridgehead atoms. The topological polar surface area (TPSA) is 75.6 Å². The fourth-order valence-corrected chi connectivity index (χ4v) is 1.99. The maximum Gasteiger partial charge on any atom is 0.407 e. The highest BCUT2D eigenvalue weighted by molar-refractivity contribution is 5.87. The lowest BCUT2D eigenvalue weighted by molar-refractivity contribution is 0.0697. The molecule has 0 aliphatic carbocycles. The van der Waals surface area contributed by atoms with Crippen molar-refractivity contribution in [3.63, 3.8) is 0 Å². The molecule has 0 heterocycles. The Labute approximate surface area is 140 Å². The monoisotopic (exact) mass is 325 g/mol. The van der Waals surface area contributed by atoms with Gasteiger partial charge in [0, 0.05) is 6.54 Å². The van der Waals surface area contributed by atoms with Gasteiger partial charge in [-0.05, 0) is 29.7 Å². The third-order valence-electron chi connectivity index (χ3n) is 3.26. The molecule has 2 aromatic carbocycles. The maximum atomic E-state index is 11.5. The molecule has 0 radical (unpaired) electrons. The summed E-state index contributed by atoms with van der Waals surface area (Å²) in [6.45, 7) is 0.718. The molecule has 5 nitrogen and oxygen atoms in total. The predicted octanol–water partition coefficient (Wildman–Crippen LogP) is 3.71. The molecule has 1 amide bonds. The Morgan fingerprint density at radius 3 is 2.42 bits per heavy atom. The number of hydrogen-bond acceptors (Lipinski definition) is 3. The third-order valence-corrected chi connectivity index (χ3v) is 3.26. The summed E-state index contributed by atoms with van der Waals surface area (Å²) in [5.74, 6) is -0.941. The molecule has 0 saturated carbocycles. The molecule has 0 unspecified atom stereocenters. The van der Waals surface area contributed by atoms with Crippen molar-refractivity contribution < 1.29 is 19.4 Å². The van der Waals surface area contributed by atoms with Gasteiger partial charge in [0.25, 0.3) is 0 Å². The molecule has 0 fully saturated rings. The Morgan fingerprint density at radius 1 is 1.04 bits per heavy atom. The molecule has 24 heavy (non-hydrogen) atoms. The van der Waals surface area contributed by atoms with Crippen molar-refractivity contribution in [1.82, 2.24) is 5.32 Å². The van der Waals surface area contributed by atoms with Crippen molar-refractivity contribution in [3.8, 4) is 0 Å². The largest absolute Gasteiger partial charge is 0.478 e. The maximum absolute atomic E-state index is 11.5. The number of rotatable bonds is 7. The number of nitrogens with one attached hydrogen (secondary N) is 1. The highest BCUT2D eigenvalue weighted by atomic mass is 16.5. The van der Waals surface area contributed by atoms with Gasteiger partial charge in [-0.3, -0.25) is 0 Å². The van der Waals surface area contributed by atoms with E-state index in [2.05, 4.69) is 5.32 Å². The van der Waals surface area contributed by atoms with Crippen LogP contribution >= 0.6 is 0 Å². The van der Waals surface area contributed by atoms with Gasteiger partial charge >= 0.3 is 12.1 Å². The Kier molecular flexibility index (Phi) is 6.58. The van der Waals surface area contributed by atoms with Gasteiger partial charge < -0.3 is 15.2 Å². The van der Waals surface area contributed by atoms with Gasteiger partial charge in [0.15, 0.2) is 0 Å². The first-order valence-electron chi connectivity index (χ1n) is 7.59. The molecule has 2 N–H and O–H groups in total. The van der Waals surface area contributed by atoms with E-state index < -0.39 is 12.1 Å². The second-order valence-electron chi connectivity index (χ2n) is 5.11. The fraction of sp³-hybridized carbons (Fsp3) is 0.158. The van der Waals surface area contributed by atoms with Crippen molar-refractivity contribution in [2.24, 2.45) is 0 Å². The Bertz CT molecular complexity index is 693. The number of alkyl carbamates (subject to hydrolysis) is 1. The molecule has 0 saturated heterocycles. The van der Waals surface area contributed by atoms with Crippen LogP contribution < -0.4 is 5.32 Å². The second kappa shape index (κ2) is 9.15. The summed E-state index contributed by atoms with van der Waals surface area (Å²) in [5.41, 5.74) is 2.11. The summed E-state index contributed by atoms with van der Waals surface area (Å²) in [4.78, 5) is 22.3. The summed E-state index contributed by atoms with van der Waals surface area (Å²) < 4.78 is 5.10. The molecule has 0 aliphatic rings. The number of hydrogen-bond donors (Lipinski definition) is 2. The van der Waals surface area contributed by atoms with Gasteiger partial charge in [-0.1, -0.05) is 54.6 Å². The minimum Gasteiger partial charge on any atom is -0.478 e. The van der Waals surface area contributed by atoms with E-state index in [4.69, 9.17) is 9.84 Å². The number of carbonyl (C=O) groups excluding carboxylic acids is 1. The standard InChI is InChI=1S/C19H19NO4/c21-18(22)17-11-9-15(10-12-17)6-4-5-13-20-19(23)24-14-16-7-2-1-3-8-16/h1-4,6-12H,5,13-14H2,(H,20,23)(H,21,22). The number of ether oxygens (including phenoxy) is 1. The van der Waals surface area contributed by atoms with Crippen LogP contribution in [0.2, 0.25) is 0 Å². The van der Waals surface area contributed by atoms with Crippen LogP contribution in [0, 0.1) is 0 Å². The molecular weight excluding hydrogens is 306 g/mol. The summed E-state index contributed by atoms with van der Waals surface area (Å²) in [7, 11) is 0. The molecule has 0 aliphatic heterocycles. The number of benzene rings is 2. The van der Waals surface area contributed by atoms with Crippen LogP contribution in [0.1, 0.15) is 27.9 Å². The van der Waals surface area contributed by atoms with Crippen LogP contribution in [0.25, 0.3) is 6.08 Å². The number of amides is 1. The molecule has 0 aromatic heterocycles. The van der Waals surface area contributed by atoms with E-state index >= 15 is 0 Å². The molecule has 0 spiro atoms. The number of aromatic carboxylic acids is 1. The average molecular weight is 325 g/mol. The van der Waals surface area contributed by atoms with E-state index in [0.717, 1.165) is 11.1 Å². The van der Waals surface area contributed by atoms with E-state index in [9.17, 15) is 9.59 Å². The van der Waals surface area contributed by atoms with E-state index in [-0.39, 0.29) is 12.2 Å². The fourth-order valence-electron chi connectivity index (χ4n) is 1.99. The normalized spacial score (nSPS) is 10.5. The zero-order chi connectivity index (χ0) is 17.2. The zero-order valence-corrected chi connectivity index (χ0v) is 13.1. The molecule has 2 rings (SSSR count). The first-order valence-corrected chi connectivity index (χ1v) is 7.59. The van der Waals surface area contributed by atoms with Crippen LogP contribution in [-0.2, 0) is 11.3 Å². The van der Waals surface area contributed by atoms with E-state index in [0.29, 0.717) is 13.0 Å². The quantitative estimate of drug-likeness (QED) is 0.761. The van der Waals surface area contributed by atoms with Crippen LogP contribution in [-0.4, -0.2) is 23.7 Å². The first kappa shape index (κ1) is 17.3. The summed E-state index contributed by atoms with van der Waals surface area (Å²) in [6, 6.07) is 16.1. The van der Waals surface area contributed by atoms with Crippen molar-refractivity contribution >= 4 is 18.1 Å². The molecular formula is C19H19NO4. The van der Waals surface area contributed by atoms with Gasteiger partial charge in [-0.25, -0.2) is 9.59 Å². The Hall–Kier alpha value is -3.08. The molecule has 5 heteroatoms. The smallest absolute Gasteiger partial charge is 0.407 e. The SMILES string of the molecule is O=C(NCCC=Cc1ccc(C(=O)O)cc1)OCc1ccccc1. The number of carbonyl (C=O) groups is 2. The molecule has 2 aromatic rings. The van der Waals surface area contributed by atoms with Gasteiger partial charge in [0.05, 0.1) is 5.56 Å². The van der Waals surface area contributed by atoms with Crippen LogP contribution in [0.5, 0.6) is 0 Å². The predicted molar refractivity (Wildman–Crippen MR) is 91.7 cm³/mol. The second-order valence-corrected chi connectivity index (χ2v) is 5.11.